The highest BCUT2D eigenvalue weighted by atomic mass is 16.1. The quantitative estimate of drug-likeness (QED) is 0.664. The minimum atomic E-state index is 0.103. The molecule has 0 saturated heterocycles. The van der Waals surface area contributed by atoms with Crippen molar-refractivity contribution in [2.45, 2.75) is 18.3 Å². The Kier molecular flexibility index (Phi) is 1.66. The van der Waals surface area contributed by atoms with E-state index >= 15 is 0 Å². The number of rotatable bonds is 0. The standard InChI is InChI=1S/C16H12O/c17-16-13-8-4-3-7-12(13)14-9-15(16)11-6-2-1-5-10(11)14/h1-8,14-15H,9H2. The van der Waals surface area contributed by atoms with Crippen LogP contribution in [0.1, 0.15) is 45.3 Å². The van der Waals surface area contributed by atoms with Gasteiger partial charge in [0.2, 0.25) is 0 Å². The molecular weight excluding hydrogens is 208 g/mol. The van der Waals surface area contributed by atoms with Gasteiger partial charge in [-0.15, -0.1) is 0 Å². The summed E-state index contributed by atoms with van der Waals surface area (Å²) in [7, 11) is 0. The summed E-state index contributed by atoms with van der Waals surface area (Å²) in [5, 5.41) is 0. The van der Waals surface area contributed by atoms with E-state index in [4.69, 9.17) is 0 Å². The first-order valence-corrected chi connectivity index (χ1v) is 6.08. The Morgan fingerprint density at radius 3 is 2.12 bits per heavy atom. The highest BCUT2D eigenvalue weighted by molar-refractivity contribution is 6.05. The topological polar surface area (TPSA) is 17.1 Å². The molecule has 2 aromatic carbocycles. The molecule has 2 aliphatic rings. The van der Waals surface area contributed by atoms with Crippen molar-refractivity contribution in [2.75, 3.05) is 0 Å². The van der Waals surface area contributed by atoms with Gasteiger partial charge in [-0.05, 0) is 23.1 Å². The Labute approximate surface area is 100 Å². The molecule has 0 saturated carbocycles. The Balaban J connectivity index is 2.04. The summed E-state index contributed by atoms with van der Waals surface area (Å²) < 4.78 is 0. The first-order chi connectivity index (χ1) is 8.36. The summed E-state index contributed by atoms with van der Waals surface area (Å²) in [6.45, 7) is 0. The van der Waals surface area contributed by atoms with Crippen LogP contribution in [0.3, 0.4) is 0 Å². The minimum Gasteiger partial charge on any atom is -0.293 e. The van der Waals surface area contributed by atoms with Crippen LogP contribution in [0, 0.1) is 0 Å². The molecule has 0 aromatic heterocycles. The zero-order valence-corrected chi connectivity index (χ0v) is 9.39. The van der Waals surface area contributed by atoms with Crippen LogP contribution in [0.15, 0.2) is 48.5 Å². The highest BCUT2D eigenvalue weighted by Gasteiger charge is 2.42. The van der Waals surface area contributed by atoms with Crippen molar-refractivity contribution in [1.29, 1.82) is 0 Å². The van der Waals surface area contributed by atoms with E-state index in [0.29, 0.717) is 11.7 Å². The van der Waals surface area contributed by atoms with Crippen molar-refractivity contribution >= 4 is 5.78 Å². The maximum absolute atomic E-state index is 12.4. The third kappa shape index (κ3) is 1.06. The lowest BCUT2D eigenvalue weighted by Crippen LogP contribution is -2.17. The summed E-state index contributed by atoms with van der Waals surface area (Å²) in [6, 6.07) is 16.5. The molecule has 0 aliphatic heterocycles. The molecule has 17 heavy (non-hydrogen) atoms. The molecule has 2 bridgehead atoms. The van der Waals surface area contributed by atoms with Gasteiger partial charge in [0.05, 0.1) is 0 Å². The van der Waals surface area contributed by atoms with Gasteiger partial charge in [-0.2, -0.15) is 0 Å². The molecule has 0 amide bonds. The number of benzene rings is 2. The van der Waals surface area contributed by atoms with Crippen LogP contribution in [0.5, 0.6) is 0 Å². The normalized spacial score (nSPS) is 24.4. The molecule has 2 aliphatic carbocycles. The molecule has 4 rings (SSSR count). The Bertz CT molecular complexity index is 627. The van der Waals surface area contributed by atoms with Gasteiger partial charge in [0.25, 0.3) is 0 Å². The van der Waals surface area contributed by atoms with Crippen molar-refractivity contribution < 1.29 is 4.79 Å². The van der Waals surface area contributed by atoms with Gasteiger partial charge in [0, 0.05) is 17.4 Å². The van der Waals surface area contributed by atoms with Gasteiger partial charge in [-0.1, -0.05) is 48.5 Å². The second-order valence-electron chi connectivity index (χ2n) is 4.92. The predicted molar refractivity (Wildman–Crippen MR) is 66.4 cm³/mol. The first-order valence-electron chi connectivity index (χ1n) is 6.08. The highest BCUT2D eigenvalue weighted by Crippen LogP contribution is 2.51. The van der Waals surface area contributed by atoms with Crippen LogP contribution in [0.25, 0.3) is 0 Å². The van der Waals surface area contributed by atoms with Crippen molar-refractivity contribution in [3.05, 3.63) is 70.8 Å². The van der Waals surface area contributed by atoms with Gasteiger partial charge in [0.1, 0.15) is 0 Å². The van der Waals surface area contributed by atoms with E-state index in [0.717, 1.165) is 12.0 Å². The maximum atomic E-state index is 12.4. The van der Waals surface area contributed by atoms with Gasteiger partial charge < -0.3 is 0 Å². The Hall–Kier alpha value is -1.89. The lowest BCUT2D eigenvalue weighted by molar-refractivity contribution is 0.0950. The molecule has 2 unspecified atom stereocenters. The summed E-state index contributed by atoms with van der Waals surface area (Å²) in [5.41, 5.74) is 4.76. The van der Waals surface area contributed by atoms with Crippen LogP contribution in [-0.2, 0) is 0 Å². The number of carbonyl (C=O) groups is 1. The fourth-order valence-electron chi connectivity index (χ4n) is 3.39. The molecule has 2 aromatic rings. The number of Topliss-reactive ketones (excluding diaryl/α,β-unsaturated/α-hetero) is 1. The average molecular weight is 220 g/mol. The fraction of sp³-hybridized carbons (Fsp3) is 0.188. The van der Waals surface area contributed by atoms with Gasteiger partial charge >= 0.3 is 0 Å². The maximum Gasteiger partial charge on any atom is 0.170 e. The number of hydrogen-bond donors (Lipinski definition) is 0. The number of ketones is 1. The SMILES string of the molecule is O=C1c2ccccc2C2CC1c1ccccc12. The summed E-state index contributed by atoms with van der Waals surface area (Å²) in [4.78, 5) is 12.4. The largest absolute Gasteiger partial charge is 0.293 e. The zero-order valence-electron chi connectivity index (χ0n) is 9.39. The molecule has 82 valence electrons. The van der Waals surface area contributed by atoms with Crippen LogP contribution in [-0.4, -0.2) is 5.78 Å². The average Bonchev–Trinajstić information content (AvgIpc) is 2.73. The van der Waals surface area contributed by atoms with Crippen LogP contribution < -0.4 is 0 Å². The monoisotopic (exact) mass is 220 g/mol. The van der Waals surface area contributed by atoms with E-state index in [1.807, 2.05) is 24.3 Å². The molecule has 0 radical (unpaired) electrons. The summed E-state index contributed by atoms with van der Waals surface area (Å²) >= 11 is 0. The van der Waals surface area contributed by atoms with Crippen molar-refractivity contribution in [3.8, 4) is 0 Å². The van der Waals surface area contributed by atoms with Crippen LogP contribution in [0.4, 0.5) is 0 Å². The molecule has 0 spiro atoms. The first kappa shape index (κ1) is 9.17. The van der Waals surface area contributed by atoms with Crippen LogP contribution in [0.2, 0.25) is 0 Å². The van der Waals surface area contributed by atoms with Crippen LogP contribution >= 0.6 is 0 Å². The zero-order chi connectivity index (χ0) is 11.4. The summed E-state index contributed by atoms with van der Waals surface area (Å²) in [6.07, 6.45) is 0.967. The van der Waals surface area contributed by atoms with E-state index in [1.54, 1.807) is 0 Å². The van der Waals surface area contributed by atoms with E-state index in [-0.39, 0.29) is 5.92 Å². The van der Waals surface area contributed by atoms with Gasteiger partial charge in [0.15, 0.2) is 5.78 Å². The molecule has 0 heterocycles. The van der Waals surface area contributed by atoms with Gasteiger partial charge in [-0.25, -0.2) is 0 Å². The van der Waals surface area contributed by atoms with E-state index < -0.39 is 0 Å². The Morgan fingerprint density at radius 2 is 1.35 bits per heavy atom. The van der Waals surface area contributed by atoms with Gasteiger partial charge in [-0.3, -0.25) is 4.79 Å². The molecule has 0 fully saturated rings. The lowest BCUT2D eigenvalue weighted by Gasteiger charge is -2.21. The number of carbonyl (C=O) groups excluding carboxylic acids is 1. The van der Waals surface area contributed by atoms with Crippen molar-refractivity contribution in [2.24, 2.45) is 0 Å². The third-order valence-electron chi connectivity index (χ3n) is 4.14. The van der Waals surface area contributed by atoms with E-state index in [2.05, 4.69) is 24.3 Å². The molecule has 2 atom stereocenters. The molecule has 0 N–H and O–H groups in total. The van der Waals surface area contributed by atoms with Crippen molar-refractivity contribution in [1.82, 2.24) is 0 Å². The molecular formula is C16H12O. The van der Waals surface area contributed by atoms with Crippen molar-refractivity contribution in [3.63, 3.8) is 0 Å². The van der Waals surface area contributed by atoms with E-state index in [1.165, 1.54) is 16.7 Å². The Morgan fingerprint density at radius 1 is 0.765 bits per heavy atom. The fourth-order valence-corrected chi connectivity index (χ4v) is 3.39. The second kappa shape index (κ2) is 3.07. The molecule has 1 nitrogen and oxygen atoms in total. The van der Waals surface area contributed by atoms with E-state index in [9.17, 15) is 4.79 Å². The number of fused-ring (bicyclic) bond motifs is 7. The smallest absolute Gasteiger partial charge is 0.170 e. The second-order valence-corrected chi connectivity index (χ2v) is 4.92. The summed E-state index contributed by atoms with van der Waals surface area (Å²) in [5.74, 6) is 0.845. The number of hydrogen-bond acceptors (Lipinski definition) is 1. The minimum absolute atomic E-state index is 0.103. The lowest BCUT2D eigenvalue weighted by atomic mass is 9.80. The predicted octanol–water partition coefficient (Wildman–Crippen LogP) is 3.50. The molecule has 1 heteroatoms. The third-order valence-corrected chi connectivity index (χ3v) is 4.14.